The van der Waals surface area contributed by atoms with Gasteiger partial charge in [0, 0.05) is 24.2 Å². The Balaban J connectivity index is 1.56. The van der Waals surface area contributed by atoms with Crippen molar-refractivity contribution in [2.24, 2.45) is 0 Å². The van der Waals surface area contributed by atoms with Gasteiger partial charge in [-0.25, -0.2) is 14.2 Å². The van der Waals surface area contributed by atoms with E-state index in [4.69, 9.17) is 4.74 Å². The van der Waals surface area contributed by atoms with Crippen LogP contribution in [0.15, 0.2) is 36.5 Å². The number of hydrogen-bond donors (Lipinski definition) is 2. The Morgan fingerprint density at radius 3 is 3.00 bits per heavy atom. The molecule has 1 aromatic heterocycles. The maximum absolute atomic E-state index is 14.7. The number of carbonyl (C=O) groups excluding carboxylic acids is 3. The number of ether oxygens (including phenoxy) is 1. The average molecular weight is 396 g/mol. The van der Waals surface area contributed by atoms with Crippen molar-refractivity contribution in [3.8, 4) is 0 Å². The number of fused-ring (bicyclic) bond motifs is 1. The number of cyclic esters (lactones) is 1. The van der Waals surface area contributed by atoms with Crippen LogP contribution in [0.2, 0.25) is 0 Å². The summed E-state index contributed by atoms with van der Waals surface area (Å²) in [5, 5.41) is 5.22. The molecule has 1 aromatic carbocycles. The highest BCUT2D eigenvalue weighted by molar-refractivity contribution is 6.34. The molecule has 148 valence electrons. The SMILES string of the molecule is CC(=O)NC[C@H]1CN(c2ccc(/C=C3/C(=O)Nc4ncccc43)c(F)c2)C(=O)O1. The number of nitrogens with one attached hydrogen (secondary N) is 2. The van der Waals surface area contributed by atoms with Crippen molar-refractivity contribution in [2.45, 2.75) is 13.0 Å². The van der Waals surface area contributed by atoms with Crippen LogP contribution in [0.5, 0.6) is 0 Å². The van der Waals surface area contributed by atoms with Crippen molar-refractivity contribution in [1.82, 2.24) is 10.3 Å². The first-order valence-electron chi connectivity index (χ1n) is 8.93. The minimum Gasteiger partial charge on any atom is -0.442 e. The zero-order valence-corrected chi connectivity index (χ0v) is 15.4. The molecule has 4 rings (SSSR count). The van der Waals surface area contributed by atoms with Crippen LogP contribution in [-0.4, -0.2) is 42.1 Å². The highest BCUT2D eigenvalue weighted by atomic mass is 19.1. The molecule has 3 heterocycles. The normalized spacial score (nSPS) is 19.2. The summed E-state index contributed by atoms with van der Waals surface area (Å²) in [6.45, 7) is 1.75. The minimum absolute atomic E-state index is 0.187. The molecule has 29 heavy (non-hydrogen) atoms. The summed E-state index contributed by atoms with van der Waals surface area (Å²) < 4.78 is 19.9. The topological polar surface area (TPSA) is 101 Å². The number of nitrogens with zero attached hydrogens (tertiary/aromatic N) is 2. The molecule has 3 amide bonds. The van der Waals surface area contributed by atoms with Gasteiger partial charge in [-0.2, -0.15) is 0 Å². The molecule has 2 N–H and O–H groups in total. The summed E-state index contributed by atoms with van der Waals surface area (Å²) >= 11 is 0. The van der Waals surface area contributed by atoms with E-state index in [1.54, 1.807) is 24.4 Å². The molecular formula is C20H17FN4O4. The number of pyridine rings is 1. The lowest BCUT2D eigenvalue weighted by molar-refractivity contribution is -0.119. The third-order valence-corrected chi connectivity index (χ3v) is 4.62. The van der Waals surface area contributed by atoms with Crippen LogP contribution in [0, 0.1) is 5.82 Å². The van der Waals surface area contributed by atoms with Crippen LogP contribution < -0.4 is 15.5 Å². The maximum Gasteiger partial charge on any atom is 0.414 e. The van der Waals surface area contributed by atoms with Crippen molar-refractivity contribution in [3.05, 3.63) is 53.5 Å². The fraction of sp³-hybridized carbons (Fsp3) is 0.200. The molecule has 1 fully saturated rings. The van der Waals surface area contributed by atoms with Gasteiger partial charge in [-0.15, -0.1) is 0 Å². The highest BCUT2D eigenvalue weighted by Crippen LogP contribution is 2.32. The van der Waals surface area contributed by atoms with E-state index in [0.717, 1.165) is 0 Å². The van der Waals surface area contributed by atoms with E-state index < -0.39 is 18.0 Å². The van der Waals surface area contributed by atoms with Gasteiger partial charge in [-0.05, 0) is 36.4 Å². The molecule has 8 nitrogen and oxygen atoms in total. The third kappa shape index (κ3) is 3.66. The molecule has 0 bridgehead atoms. The highest BCUT2D eigenvalue weighted by Gasteiger charge is 2.33. The lowest BCUT2D eigenvalue weighted by Crippen LogP contribution is -2.33. The number of hydrogen-bond acceptors (Lipinski definition) is 5. The van der Waals surface area contributed by atoms with Gasteiger partial charge in [-0.3, -0.25) is 14.5 Å². The van der Waals surface area contributed by atoms with Gasteiger partial charge in [-0.1, -0.05) is 0 Å². The van der Waals surface area contributed by atoms with Gasteiger partial charge in [0.05, 0.1) is 24.4 Å². The van der Waals surface area contributed by atoms with E-state index in [0.29, 0.717) is 22.6 Å². The van der Waals surface area contributed by atoms with E-state index in [1.165, 1.54) is 30.0 Å². The number of halogens is 1. The number of carbonyl (C=O) groups is 3. The molecule has 1 saturated heterocycles. The second kappa shape index (κ2) is 7.34. The Bertz CT molecular complexity index is 1050. The van der Waals surface area contributed by atoms with Gasteiger partial charge >= 0.3 is 6.09 Å². The first-order chi connectivity index (χ1) is 13.9. The van der Waals surface area contributed by atoms with Crippen LogP contribution in [0.3, 0.4) is 0 Å². The molecule has 0 unspecified atom stereocenters. The van der Waals surface area contributed by atoms with Crippen molar-refractivity contribution in [1.29, 1.82) is 0 Å². The number of rotatable bonds is 4. The predicted molar refractivity (Wildman–Crippen MR) is 103 cm³/mol. The second-order valence-electron chi connectivity index (χ2n) is 6.67. The molecule has 2 aromatic rings. The zero-order valence-electron chi connectivity index (χ0n) is 15.4. The fourth-order valence-electron chi connectivity index (χ4n) is 3.22. The Morgan fingerprint density at radius 2 is 2.24 bits per heavy atom. The maximum atomic E-state index is 14.7. The Morgan fingerprint density at radius 1 is 1.41 bits per heavy atom. The first-order valence-corrected chi connectivity index (χ1v) is 8.93. The third-order valence-electron chi connectivity index (χ3n) is 4.62. The van der Waals surface area contributed by atoms with Gasteiger partial charge < -0.3 is 15.4 Å². The number of aromatic nitrogens is 1. The second-order valence-corrected chi connectivity index (χ2v) is 6.67. The molecule has 9 heteroatoms. The summed E-state index contributed by atoms with van der Waals surface area (Å²) in [5.74, 6) is -0.731. The van der Waals surface area contributed by atoms with Crippen molar-refractivity contribution in [2.75, 3.05) is 23.3 Å². The number of anilines is 2. The molecule has 0 spiro atoms. The van der Waals surface area contributed by atoms with Crippen LogP contribution in [-0.2, 0) is 14.3 Å². The Labute approximate surface area is 165 Å². The van der Waals surface area contributed by atoms with Crippen molar-refractivity contribution in [3.63, 3.8) is 0 Å². The predicted octanol–water partition coefficient (Wildman–Crippen LogP) is 2.17. The lowest BCUT2D eigenvalue weighted by atomic mass is 10.0. The fourth-order valence-corrected chi connectivity index (χ4v) is 3.22. The molecule has 0 aliphatic carbocycles. The van der Waals surface area contributed by atoms with Crippen LogP contribution in [0.1, 0.15) is 18.1 Å². The number of amides is 3. The monoisotopic (exact) mass is 396 g/mol. The van der Waals surface area contributed by atoms with E-state index in [9.17, 15) is 18.8 Å². The zero-order chi connectivity index (χ0) is 20.5. The summed E-state index contributed by atoms with van der Waals surface area (Å²) in [6, 6.07) is 7.71. The molecule has 2 aliphatic rings. The molecule has 0 saturated carbocycles. The minimum atomic E-state index is -0.610. The van der Waals surface area contributed by atoms with Gasteiger partial charge in [0.25, 0.3) is 5.91 Å². The van der Waals surface area contributed by atoms with Crippen LogP contribution in [0.25, 0.3) is 11.6 Å². The van der Waals surface area contributed by atoms with Gasteiger partial charge in [0.1, 0.15) is 17.7 Å². The Hall–Kier alpha value is -3.75. The average Bonchev–Trinajstić information content (AvgIpc) is 3.21. The Kier molecular flexibility index (Phi) is 4.71. The lowest BCUT2D eigenvalue weighted by Gasteiger charge is -2.14. The first kappa shape index (κ1) is 18.6. The van der Waals surface area contributed by atoms with E-state index in [2.05, 4.69) is 15.6 Å². The summed E-state index contributed by atoms with van der Waals surface area (Å²) in [7, 11) is 0. The summed E-state index contributed by atoms with van der Waals surface area (Å²) in [6.07, 6.45) is 1.89. The quantitative estimate of drug-likeness (QED) is 0.772. The molecular weight excluding hydrogens is 379 g/mol. The molecule has 2 aliphatic heterocycles. The smallest absolute Gasteiger partial charge is 0.414 e. The molecule has 1 atom stereocenters. The summed E-state index contributed by atoms with van der Waals surface area (Å²) in [5.41, 5.74) is 1.46. The van der Waals surface area contributed by atoms with Crippen LogP contribution in [0.4, 0.5) is 20.7 Å². The molecule has 0 radical (unpaired) electrons. The van der Waals surface area contributed by atoms with Crippen molar-refractivity contribution < 1.29 is 23.5 Å². The largest absolute Gasteiger partial charge is 0.442 e. The van der Waals surface area contributed by atoms with Gasteiger partial charge in [0.2, 0.25) is 5.91 Å². The van der Waals surface area contributed by atoms with E-state index in [1.807, 2.05) is 0 Å². The van der Waals surface area contributed by atoms with Crippen LogP contribution >= 0.6 is 0 Å². The van der Waals surface area contributed by atoms with E-state index in [-0.39, 0.29) is 30.5 Å². The van der Waals surface area contributed by atoms with Crippen molar-refractivity contribution >= 4 is 41.1 Å². The van der Waals surface area contributed by atoms with E-state index >= 15 is 0 Å². The standard InChI is InChI=1S/C20H17FN4O4/c1-11(26)23-9-14-10-25(20(28)29-14)13-5-4-12(17(21)8-13)7-16-15-3-2-6-22-18(15)24-19(16)27/h2-8,14H,9-10H2,1H3,(H,23,26)(H,22,24,27)/b16-7+/t14-/m0/s1. The van der Waals surface area contributed by atoms with Gasteiger partial charge in [0.15, 0.2) is 0 Å². The number of benzene rings is 1. The summed E-state index contributed by atoms with van der Waals surface area (Å²) in [4.78, 5) is 40.6.